The van der Waals surface area contributed by atoms with Gasteiger partial charge in [-0.1, -0.05) is 23.8 Å². The van der Waals surface area contributed by atoms with Gasteiger partial charge >= 0.3 is 0 Å². The number of aliphatic hydroxyl groups is 1. The fourth-order valence-electron chi connectivity index (χ4n) is 1.92. The van der Waals surface area contributed by atoms with Crippen LogP contribution in [0.2, 0.25) is 0 Å². The van der Waals surface area contributed by atoms with Crippen molar-refractivity contribution in [1.82, 2.24) is 0 Å². The normalized spacial score (nSPS) is 16.5. The Kier molecular flexibility index (Phi) is 3.07. The van der Waals surface area contributed by atoms with Crippen LogP contribution in [0.1, 0.15) is 24.3 Å². The van der Waals surface area contributed by atoms with Crippen LogP contribution in [-0.2, 0) is 0 Å². The van der Waals surface area contributed by atoms with Gasteiger partial charge in [0.15, 0.2) is 0 Å². The first-order valence-corrected chi connectivity index (χ1v) is 5.29. The average molecular weight is 204 g/mol. The molecule has 80 valence electrons. The SMILES string of the molecule is COc1cccc(C(CO)C2=CCC2)c1. The summed E-state index contributed by atoms with van der Waals surface area (Å²) in [4.78, 5) is 0. The summed E-state index contributed by atoms with van der Waals surface area (Å²) < 4.78 is 5.18. The second-order valence-electron chi connectivity index (χ2n) is 3.83. The molecule has 1 aliphatic rings. The molecule has 1 aromatic rings. The van der Waals surface area contributed by atoms with E-state index in [2.05, 4.69) is 6.08 Å². The molecule has 0 radical (unpaired) electrons. The molecule has 1 atom stereocenters. The van der Waals surface area contributed by atoms with E-state index in [4.69, 9.17) is 4.74 Å². The lowest BCUT2D eigenvalue weighted by Gasteiger charge is -2.24. The van der Waals surface area contributed by atoms with Gasteiger partial charge in [-0.2, -0.15) is 0 Å². The first kappa shape index (κ1) is 10.2. The van der Waals surface area contributed by atoms with Crippen molar-refractivity contribution in [1.29, 1.82) is 0 Å². The van der Waals surface area contributed by atoms with Crippen LogP contribution in [0.25, 0.3) is 0 Å². The third kappa shape index (κ3) is 2.05. The van der Waals surface area contributed by atoms with Crippen molar-refractivity contribution in [2.45, 2.75) is 18.8 Å². The van der Waals surface area contributed by atoms with Crippen molar-refractivity contribution in [3.05, 3.63) is 41.5 Å². The van der Waals surface area contributed by atoms with Gasteiger partial charge in [0.2, 0.25) is 0 Å². The summed E-state index contributed by atoms with van der Waals surface area (Å²) in [6, 6.07) is 7.94. The summed E-state index contributed by atoms with van der Waals surface area (Å²) in [5.41, 5.74) is 2.49. The van der Waals surface area contributed by atoms with Gasteiger partial charge in [0, 0.05) is 5.92 Å². The highest BCUT2D eigenvalue weighted by Gasteiger charge is 2.19. The highest BCUT2D eigenvalue weighted by Crippen LogP contribution is 2.34. The molecule has 1 aromatic carbocycles. The third-order valence-corrected chi connectivity index (χ3v) is 2.97. The van der Waals surface area contributed by atoms with E-state index in [0.29, 0.717) is 0 Å². The summed E-state index contributed by atoms with van der Waals surface area (Å²) in [5, 5.41) is 9.40. The van der Waals surface area contributed by atoms with Crippen LogP contribution in [0.3, 0.4) is 0 Å². The fraction of sp³-hybridized carbons (Fsp3) is 0.385. The number of aliphatic hydroxyl groups excluding tert-OH is 1. The molecule has 2 heteroatoms. The molecule has 0 spiro atoms. The molecule has 1 aliphatic carbocycles. The largest absolute Gasteiger partial charge is 0.497 e. The Balaban J connectivity index is 2.25. The maximum absolute atomic E-state index is 9.40. The topological polar surface area (TPSA) is 29.5 Å². The predicted octanol–water partition coefficient (Wildman–Crippen LogP) is 2.49. The van der Waals surface area contributed by atoms with E-state index < -0.39 is 0 Å². The van der Waals surface area contributed by atoms with Crippen LogP contribution >= 0.6 is 0 Å². The molecule has 0 amide bonds. The van der Waals surface area contributed by atoms with Crippen LogP contribution in [0, 0.1) is 0 Å². The monoisotopic (exact) mass is 204 g/mol. The lowest BCUT2D eigenvalue weighted by atomic mass is 9.83. The molecular formula is C13H16O2. The quantitative estimate of drug-likeness (QED) is 0.763. The van der Waals surface area contributed by atoms with E-state index in [9.17, 15) is 5.11 Å². The minimum absolute atomic E-state index is 0.161. The molecule has 0 saturated carbocycles. The molecule has 0 bridgehead atoms. The Labute approximate surface area is 90.2 Å². The van der Waals surface area contributed by atoms with E-state index in [1.807, 2.05) is 24.3 Å². The highest BCUT2D eigenvalue weighted by molar-refractivity contribution is 5.37. The lowest BCUT2D eigenvalue weighted by Crippen LogP contribution is -2.11. The van der Waals surface area contributed by atoms with Crippen LogP contribution in [0.15, 0.2) is 35.9 Å². The van der Waals surface area contributed by atoms with Gasteiger partial charge in [0.1, 0.15) is 5.75 Å². The molecule has 0 aliphatic heterocycles. The van der Waals surface area contributed by atoms with Gasteiger partial charge in [-0.15, -0.1) is 0 Å². The van der Waals surface area contributed by atoms with Crippen molar-refractivity contribution in [2.24, 2.45) is 0 Å². The number of methoxy groups -OCH3 is 1. The van der Waals surface area contributed by atoms with Crippen molar-refractivity contribution in [3.63, 3.8) is 0 Å². The second-order valence-corrected chi connectivity index (χ2v) is 3.83. The van der Waals surface area contributed by atoms with Crippen LogP contribution in [0.4, 0.5) is 0 Å². The first-order valence-electron chi connectivity index (χ1n) is 5.29. The van der Waals surface area contributed by atoms with Gasteiger partial charge in [0.05, 0.1) is 13.7 Å². The van der Waals surface area contributed by atoms with Gasteiger partial charge in [-0.3, -0.25) is 0 Å². The Bertz CT molecular complexity index is 369. The van der Waals surface area contributed by atoms with E-state index in [1.165, 1.54) is 5.57 Å². The highest BCUT2D eigenvalue weighted by atomic mass is 16.5. The zero-order valence-electron chi connectivity index (χ0n) is 8.94. The summed E-state index contributed by atoms with van der Waals surface area (Å²) in [6.07, 6.45) is 4.47. The number of rotatable bonds is 4. The molecular weight excluding hydrogens is 188 g/mol. The first-order chi connectivity index (χ1) is 7.35. The van der Waals surface area contributed by atoms with E-state index in [1.54, 1.807) is 7.11 Å². The van der Waals surface area contributed by atoms with Crippen LogP contribution in [-0.4, -0.2) is 18.8 Å². The Morgan fingerprint density at radius 3 is 2.80 bits per heavy atom. The summed E-state index contributed by atoms with van der Waals surface area (Å²) in [5.74, 6) is 1.01. The third-order valence-electron chi connectivity index (χ3n) is 2.97. The van der Waals surface area contributed by atoms with Crippen LogP contribution < -0.4 is 4.74 Å². The standard InChI is InChI=1S/C13H16O2/c1-15-12-7-3-6-11(8-12)13(9-14)10-4-2-5-10/h3-4,6-8,13-14H,2,5,9H2,1H3. The average Bonchev–Trinajstić information content (AvgIpc) is 2.23. The Hall–Kier alpha value is -1.28. The molecule has 1 unspecified atom stereocenters. The van der Waals surface area contributed by atoms with Gasteiger partial charge in [-0.05, 0) is 30.5 Å². The minimum atomic E-state index is 0.161. The zero-order valence-corrected chi connectivity index (χ0v) is 8.94. The molecule has 0 saturated heterocycles. The zero-order chi connectivity index (χ0) is 10.7. The molecule has 0 aromatic heterocycles. The van der Waals surface area contributed by atoms with E-state index in [-0.39, 0.29) is 12.5 Å². The van der Waals surface area contributed by atoms with Crippen molar-refractivity contribution in [2.75, 3.05) is 13.7 Å². The molecule has 0 heterocycles. The molecule has 15 heavy (non-hydrogen) atoms. The van der Waals surface area contributed by atoms with E-state index in [0.717, 1.165) is 24.2 Å². The van der Waals surface area contributed by atoms with Crippen molar-refractivity contribution < 1.29 is 9.84 Å². The fourth-order valence-corrected chi connectivity index (χ4v) is 1.92. The molecule has 0 fully saturated rings. The van der Waals surface area contributed by atoms with Crippen LogP contribution in [0.5, 0.6) is 5.75 Å². The number of hydrogen-bond acceptors (Lipinski definition) is 2. The summed E-state index contributed by atoms with van der Waals surface area (Å²) in [6.45, 7) is 0.180. The number of benzene rings is 1. The van der Waals surface area contributed by atoms with Crippen molar-refractivity contribution >= 4 is 0 Å². The van der Waals surface area contributed by atoms with E-state index >= 15 is 0 Å². The summed E-state index contributed by atoms with van der Waals surface area (Å²) in [7, 11) is 1.66. The second kappa shape index (κ2) is 4.49. The number of ether oxygens (including phenoxy) is 1. The number of allylic oxidation sites excluding steroid dienone is 1. The molecule has 2 nitrogen and oxygen atoms in total. The Morgan fingerprint density at radius 2 is 2.27 bits per heavy atom. The smallest absolute Gasteiger partial charge is 0.119 e. The Morgan fingerprint density at radius 1 is 1.47 bits per heavy atom. The minimum Gasteiger partial charge on any atom is -0.497 e. The maximum Gasteiger partial charge on any atom is 0.119 e. The summed E-state index contributed by atoms with van der Waals surface area (Å²) >= 11 is 0. The van der Waals surface area contributed by atoms with Crippen molar-refractivity contribution in [3.8, 4) is 5.75 Å². The van der Waals surface area contributed by atoms with Gasteiger partial charge in [0.25, 0.3) is 0 Å². The van der Waals surface area contributed by atoms with Gasteiger partial charge < -0.3 is 9.84 Å². The number of hydrogen-bond donors (Lipinski definition) is 1. The maximum atomic E-state index is 9.40. The molecule has 2 rings (SSSR count). The molecule has 1 N–H and O–H groups in total. The predicted molar refractivity (Wildman–Crippen MR) is 60.1 cm³/mol. The lowest BCUT2D eigenvalue weighted by molar-refractivity contribution is 0.274. The van der Waals surface area contributed by atoms with Gasteiger partial charge in [-0.25, -0.2) is 0 Å².